The summed E-state index contributed by atoms with van der Waals surface area (Å²) >= 11 is 0. The van der Waals surface area contributed by atoms with Gasteiger partial charge in [0.15, 0.2) is 0 Å². The van der Waals surface area contributed by atoms with Crippen molar-refractivity contribution in [2.45, 2.75) is 111 Å². The Balaban J connectivity index is 2.40. The second kappa shape index (κ2) is 11.7. The minimum absolute atomic E-state index is 0.576. The highest BCUT2D eigenvalue weighted by atomic mass is 15.2. The van der Waals surface area contributed by atoms with E-state index >= 15 is 0 Å². The highest BCUT2D eigenvalue weighted by Crippen LogP contribution is 2.12. The van der Waals surface area contributed by atoms with E-state index in [1.807, 2.05) is 0 Å². The number of hydrogen-bond acceptors (Lipinski definition) is 0. The Morgan fingerprint density at radius 3 is 2.09 bits per heavy atom. The van der Waals surface area contributed by atoms with Crippen molar-refractivity contribution in [3.05, 3.63) is 18.2 Å². The molecular formula is C20H39N2+. The summed E-state index contributed by atoms with van der Waals surface area (Å²) < 4.78 is 4.98. The van der Waals surface area contributed by atoms with E-state index in [-0.39, 0.29) is 0 Å². The quantitative estimate of drug-likeness (QED) is 0.320. The molecule has 0 aliphatic rings. The molecule has 22 heavy (non-hydrogen) atoms. The average Bonchev–Trinajstić information content (AvgIpc) is 2.90. The van der Waals surface area contributed by atoms with Gasteiger partial charge in [0.05, 0.1) is 12.6 Å². The summed E-state index contributed by atoms with van der Waals surface area (Å²) in [5.74, 6) is 1.54. The fraction of sp³-hybridized carbons (Fsp3) is 0.850. The van der Waals surface area contributed by atoms with Crippen molar-refractivity contribution < 1.29 is 4.57 Å². The van der Waals surface area contributed by atoms with E-state index in [0.717, 1.165) is 0 Å². The summed E-state index contributed by atoms with van der Waals surface area (Å²) in [6.07, 6.45) is 19.5. The Labute approximate surface area is 138 Å². The van der Waals surface area contributed by atoms with Crippen molar-refractivity contribution in [3.63, 3.8) is 0 Å². The second-order valence-corrected chi connectivity index (χ2v) is 6.99. The third-order valence-corrected chi connectivity index (χ3v) is 4.60. The van der Waals surface area contributed by atoms with Crippen LogP contribution in [0.2, 0.25) is 0 Å². The molecule has 1 heterocycles. The summed E-state index contributed by atoms with van der Waals surface area (Å²) in [7, 11) is 0. The molecule has 1 aromatic rings. The highest BCUT2D eigenvalue weighted by molar-refractivity contribution is 4.86. The lowest BCUT2D eigenvalue weighted by molar-refractivity contribution is -0.704. The molecule has 1 rings (SSSR count). The molecule has 0 bridgehead atoms. The van der Waals surface area contributed by atoms with Crippen LogP contribution in [0.1, 0.15) is 104 Å². The zero-order valence-corrected chi connectivity index (χ0v) is 15.6. The van der Waals surface area contributed by atoms with Crippen LogP contribution in [-0.4, -0.2) is 4.57 Å². The van der Waals surface area contributed by atoms with Crippen molar-refractivity contribution in [1.82, 2.24) is 4.57 Å². The Kier molecular flexibility index (Phi) is 10.3. The molecule has 2 nitrogen and oxygen atoms in total. The van der Waals surface area contributed by atoms with E-state index in [2.05, 4.69) is 49.2 Å². The molecule has 0 fully saturated rings. The third kappa shape index (κ3) is 6.98. The van der Waals surface area contributed by atoms with Crippen molar-refractivity contribution >= 4 is 0 Å². The maximum absolute atomic E-state index is 2.52. The van der Waals surface area contributed by atoms with E-state index in [0.29, 0.717) is 6.04 Å². The number of rotatable bonds is 13. The number of hydrogen-bond donors (Lipinski definition) is 0. The molecule has 0 N–H and O–H groups in total. The first-order chi connectivity index (χ1) is 10.7. The largest absolute Gasteiger partial charge is 0.256 e. The van der Waals surface area contributed by atoms with Gasteiger partial charge in [-0.1, -0.05) is 58.8 Å². The van der Waals surface area contributed by atoms with Crippen molar-refractivity contribution in [2.24, 2.45) is 0 Å². The summed E-state index contributed by atoms with van der Waals surface area (Å²) in [4.78, 5) is 0. The van der Waals surface area contributed by atoms with Crippen LogP contribution < -0.4 is 4.57 Å². The lowest BCUT2D eigenvalue weighted by atomic mass is 10.1. The molecule has 0 amide bonds. The highest BCUT2D eigenvalue weighted by Gasteiger charge is 2.18. The van der Waals surface area contributed by atoms with E-state index in [1.165, 1.54) is 83.0 Å². The average molecular weight is 308 g/mol. The van der Waals surface area contributed by atoms with Crippen LogP contribution in [0, 0.1) is 0 Å². The molecule has 2 heteroatoms. The fourth-order valence-corrected chi connectivity index (χ4v) is 3.19. The van der Waals surface area contributed by atoms with Crippen LogP contribution in [0.25, 0.3) is 0 Å². The van der Waals surface area contributed by atoms with Gasteiger partial charge in [-0.15, -0.1) is 0 Å². The van der Waals surface area contributed by atoms with Crippen LogP contribution in [0.4, 0.5) is 0 Å². The summed E-state index contributed by atoms with van der Waals surface area (Å²) in [5, 5.41) is 0. The monoisotopic (exact) mass is 307 g/mol. The zero-order valence-electron chi connectivity index (χ0n) is 15.6. The van der Waals surface area contributed by atoms with E-state index < -0.39 is 0 Å². The smallest absolute Gasteiger partial charge is 0.234 e. The Hall–Kier alpha value is -0.790. The molecule has 0 saturated carbocycles. The van der Waals surface area contributed by atoms with E-state index in [4.69, 9.17) is 0 Å². The van der Waals surface area contributed by atoms with Gasteiger partial charge in [0.1, 0.15) is 12.4 Å². The molecule has 0 aliphatic carbocycles. The van der Waals surface area contributed by atoms with Gasteiger partial charge >= 0.3 is 0 Å². The summed E-state index contributed by atoms with van der Waals surface area (Å²) in [6.45, 7) is 10.4. The van der Waals surface area contributed by atoms with Gasteiger partial charge in [0.2, 0.25) is 0 Å². The fourth-order valence-electron chi connectivity index (χ4n) is 3.19. The predicted molar refractivity (Wildman–Crippen MR) is 96.2 cm³/mol. The van der Waals surface area contributed by atoms with Crippen LogP contribution in [-0.2, 0) is 13.0 Å². The van der Waals surface area contributed by atoms with Gasteiger partial charge in [-0.3, -0.25) is 0 Å². The minimum atomic E-state index is 0.576. The van der Waals surface area contributed by atoms with Gasteiger partial charge < -0.3 is 0 Å². The second-order valence-electron chi connectivity index (χ2n) is 6.99. The maximum atomic E-state index is 2.52. The SMILES string of the molecule is CCCCCCCCC[n+]1ccn(C(C)C)c1CCCCC. The molecule has 0 atom stereocenters. The molecular weight excluding hydrogens is 268 g/mol. The number of nitrogens with zero attached hydrogens (tertiary/aromatic N) is 2. The summed E-state index contributed by atoms with van der Waals surface area (Å²) in [6, 6.07) is 0.576. The van der Waals surface area contributed by atoms with E-state index in [9.17, 15) is 0 Å². The molecule has 0 radical (unpaired) electrons. The first-order valence-corrected chi connectivity index (χ1v) is 9.79. The Morgan fingerprint density at radius 2 is 1.45 bits per heavy atom. The van der Waals surface area contributed by atoms with Crippen LogP contribution in [0.5, 0.6) is 0 Å². The molecule has 0 spiro atoms. The Bertz CT molecular complexity index is 379. The molecule has 0 aliphatic heterocycles. The van der Waals surface area contributed by atoms with E-state index in [1.54, 1.807) is 0 Å². The van der Waals surface area contributed by atoms with Gasteiger partial charge in [-0.05, 0) is 33.1 Å². The summed E-state index contributed by atoms with van der Waals surface area (Å²) in [5.41, 5.74) is 0. The zero-order chi connectivity index (χ0) is 16.2. The Morgan fingerprint density at radius 1 is 0.864 bits per heavy atom. The molecule has 0 unspecified atom stereocenters. The lowest BCUT2D eigenvalue weighted by Crippen LogP contribution is -2.37. The third-order valence-electron chi connectivity index (χ3n) is 4.60. The van der Waals surface area contributed by atoms with Crippen LogP contribution >= 0.6 is 0 Å². The lowest BCUT2D eigenvalue weighted by Gasteiger charge is -2.08. The number of aryl methyl sites for hydroxylation is 1. The topological polar surface area (TPSA) is 8.81 Å². The van der Waals surface area contributed by atoms with Crippen molar-refractivity contribution in [2.75, 3.05) is 0 Å². The van der Waals surface area contributed by atoms with Gasteiger partial charge in [-0.2, -0.15) is 0 Å². The van der Waals surface area contributed by atoms with Crippen LogP contribution in [0.3, 0.4) is 0 Å². The maximum Gasteiger partial charge on any atom is 0.256 e. The number of unbranched alkanes of at least 4 members (excludes halogenated alkanes) is 8. The van der Waals surface area contributed by atoms with Crippen molar-refractivity contribution in [1.29, 1.82) is 0 Å². The van der Waals surface area contributed by atoms with Gasteiger partial charge in [-0.25, -0.2) is 9.13 Å². The first-order valence-electron chi connectivity index (χ1n) is 9.79. The molecule has 1 aromatic heterocycles. The first kappa shape index (κ1) is 19.3. The standard InChI is InChI=1S/C20H39N2/c1-5-7-9-10-11-12-14-16-21-17-18-22(19(3)4)20(21)15-13-8-6-2/h17-19H,5-16H2,1-4H3/q+1. The predicted octanol–water partition coefficient (Wildman–Crippen LogP) is 5.84. The van der Waals surface area contributed by atoms with Gasteiger partial charge in [0.25, 0.3) is 5.82 Å². The van der Waals surface area contributed by atoms with Crippen LogP contribution in [0.15, 0.2) is 12.4 Å². The number of imidazole rings is 1. The van der Waals surface area contributed by atoms with Gasteiger partial charge in [0, 0.05) is 6.42 Å². The van der Waals surface area contributed by atoms with Crippen molar-refractivity contribution in [3.8, 4) is 0 Å². The molecule has 128 valence electrons. The number of aromatic nitrogens is 2. The minimum Gasteiger partial charge on any atom is -0.234 e. The normalized spacial score (nSPS) is 11.5. The molecule has 0 saturated heterocycles. The molecule has 0 aromatic carbocycles.